The number of aromatic nitrogens is 1. The van der Waals surface area contributed by atoms with E-state index in [2.05, 4.69) is 6.92 Å². The van der Waals surface area contributed by atoms with Gasteiger partial charge in [-0.2, -0.15) is 0 Å². The topological polar surface area (TPSA) is 38.9 Å². The van der Waals surface area contributed by atoms with Crippen molar-refractivity contribution in [2.24, 2.45) is 23.7 Å². The van der Waals surface area contributed by atoms with Crippen LogP contribution in [-0.2, 0) is 0 Å². The number of nitrogens with zero attached hydrogens (tertiary/aromatic N) is 1. The van der Waals surface area contributed by atoms with Gasteiger partial charge in [0, 0.05) is 5.92 Å². The fourth-order valence-corrected chi connectivity index (χ4v) is 5.82. The quantitative estimate of drug-likeness (QED) is 0.825. The molecule has 1 heterocycles. The minimum atomic E-state index is 0.702. The van der Waals surface area contributed by atoms with Gasteiger partial charge in [-0.25, -0.2) is 4.98 Å². The number of hydrogen-bond acceptors (Lipinski definition) is 3. The zero-order chi connectivity index (χ0) is 11.6. The molecule has 92 valence electrons. The standard InChI is InChI=1S/C14H20N2S/c1-7-16-13(14(15)17-7)12-10-3-8-2-9(5-10)6-11(12)4-8/h8-12H,2-6,15H2,1H3. The second kappa shape index (κ2) is 3.47. The Morgan fingerprint density at radius 2 is 1.65 bits per heavy atom. The van der Waals surface area contributed by atoms with Gasteiger partial charge in [-0.3, -0.25) is 0 Å². The maximum Gasteiger partial charge on any atom is 0.110 e. The van der Waals surface area contributed by atoms with Gasteiger partial charge in [-0.05, 0) is 62.7 Å². The summed E-state index contributed by atoms with van der Waals surface area (Å²) in [4.78, 5) is 4.75. The van der Waals surface area contributed by atoms with Crippen LogP contribution >= 0.6 is 11.3 Å². The van der Waals surface area contributed by atoms with Crippen LogP contribution in [0.2, 0.25) is 0 Å². The number of nitrogens with two attached hydrogens (primary N) is 1. The monoisotopic (exact) mass is 248 g/mol. The zero-order valence-corrected chi connectivity index (χ0v) is 11.2. The Balaban J connectivity index is 1.72. The fourth-order valence-electron chi connectivity index (χ4n) is 5.07. The van der Waals surface area contributed by atoms with Crippen molar-refractivity contribution in [2.45, 2.75) is 44.9 Å². The number of rotatable bonds is 1. The van der Waals surface area contributed by atoms with Crippen LogP contribution in [0.15, 0.2) is 0 Å². The average molecular weight is 248 g/mol. The van der Waals surface area contributed by atoms with E-state index >= 15 is 0 Å². The maximum absolute atomic E-state index is 6.18. The lowest BCUT2D eigenvalue weighted by Crippen LogP contribution is -2.44. The second-order valence-corrected chi connectivity index (χ2v) is 7.67. The highest BCUT2D eigenvalue weighted by atomic mass is 32.1. The van der Waals surface area contributed by atoms with Gasteiger partial charge in [0.1, 0.15) is 5.00 Å². The third-order valence-electron chi connectivity index (χ3n) is 5.33. The molecule has 5 rings (SSSR count). The summed E-state index contributed by atoms with van der Waals surface area (Å²) in [6.07, 6.45) is 7.33. The third kappa shape index (κ3) is 1.48. The van der Waals surface area contributed by atoms with E-state index in [1.54, 1.807) is 11.3 Å². The Labute approximate surface area is 107 Å². The number of nitrogen functional groups attached to an aromatic ring is 1. The van der Waals surface area contributed by atoms with Gasteiger partial charge in [0.2, 0.25) is 0 Å². The van der Waals surface area contributed by atoms with Crippen LogP contribution in [0, 0.1) is 30.6 Å². The molecule has 4 aliphatic carbocycles. The molecule has 0 amide bonds. The van der Waals surface area contributed by atoms with E-state index in [1.165, 1.54) is 37.8 Å². The van der Waals surface area contributed by atoms with Crippen molar-refractivity contribution in [2.75, 3.05) is 5.73 Å². The fraction of sp³-hybridized carbons (Fsp3) is 0.786. The van der Waals surface area contributed by atoms with E-state index in [4.69, 9.17) is 10.7 Å². The van der Waals surface area contributed by atoms with Gasteiger partial charge in [0.25, 0.3) is 0 Å². The van der Waals surface area contributed by atoms with Crippen LogP contribution in [0.5, 0.6) is 0 Å². The first kappa shape index (κ1) is 10.4. The summed E-state index contributed by atoms with van der Waals surface area (Å²) in [5, 5.41) is 2.14. The van der Waals surface area contributed by atoms with Gasteiger partial charge in [-0.15, -0.1) is 11.3 Å². The van der Waals surface area contributed by atoms with Crippen molar-refractivity contribution < 1.29 is 0 Å². The van der Waals surface area contributed by atoms with Crippen LogP contribution in [0.25, 0.3) is 0 Å². The normalized spacial score (nSPS) is 43.2. The summed E-state index contributed by atoms with van der Waals surface area (Å²) in [5.41, 5.74) is 7.44. The summed E-state index contributed by atoms with van der Waals surface area (Å²) in [6.45, 7) is 2.08. The van der Waals surface area contributed by atoms with Crippen molar-refractivity contribution >= 4 is 16.3 Å². The van der Waals surface area contributed by atoms with Gasteiger partial charge in [0.05, 0.1) is 10.7 Å². The lowest BCUT2D eigenvalue weighted by atomic mass is 9.51. The van der Waals surface area contributed by atoms with E-state index in [9.17, 15) is 0 Å². The second-order valence-electron chi connectivity index (χ2n) is 6.44. The molecule has 0 saturated heterocycles. The predicted molar refractivity (Wildman–Crippen MR) is 71.0 cm³/mol. The molecule has 1 aromatic heterocycles. The van der Waals surface area contributed by atoms with Crippen molar-refractivity contribution in [1.82, 2.24) is 4.98 Å². The lowest BCUT2D eigenvalue weighted by molar-refractivity contribution is -0.00376. The van der Waals surface area contributed by atoms with Crippen molar-refractivity contribution in [3.05, 3.63) is 10.7 Å². The lowest BCUT2D eigenvalue weighted by Gasteiger charge is -2.54. The van der Waals surface area contributed by atoms with Crippen LogP contribution in [-0.4, -0.2) is 4.98 Å². The average Bonchev–Trinajstić information content (AvgIpc) is 2.56. The molecule has 4 aliphatic rings. The molecule has 0 aliphatic heterocycles. The maximum atomic E-state index is 6.18. The molecule has 4 fully saturated rings. The predicted octanol–water partition coefficient (Wildman–Crippen LogP) is 3.57. The summed E-state index contributed by atoms with van der Waals surface area (Å²) in [7, 11) is 0. The van der Waals surface area contributed by atoms with Crippen LogP contribution in [0.4, 0.5) is 5.00 Å². The molecule has 0 radical (unpaired) electrons. The van der Waals surface area contributed by atoms with Crippen molar-refractivity contribution in [1.29, 1.82) is 0 Å². The summed E-state index contributed by atoms with van der Waals surface area (Å²) in [6, 6.07) is 0. The summed E-state index contributed by atoms with van der Waals surface area (Å²) >= 11 is 1.68. The molecule has 0 atom stereocenters. The molecule has 2 N–H and O–H groups in total. The van der Waals surface area contributed by atoms with E-state index in [1.807, 2.05) is 0 Å². The molecule has 1 aromatic rings. The van der Waals surface area contributed by atoms with Crippen LogP contribution in [0.1, 0.15) is 48.7 Å². The van der Waals surface area contributed by atoms with E-state index in [-0.39, 0.29) is 0 Å². The molecule has 0 unspecified atom stereocenters. The molecule has 0 spiro atoms. The number of hydrogen-bond donors (Lipinski definition) is 1. The van der Waals surface area contributed by atoms with Crippen molar-refractivity contribution in [3.8, 4) is 0 Å². The van der Waals surface area contributed by atoms with Crippen LogP contribution in [0.3, 0.4) is 0 Å². The number of anilines is 1. The van der Waals surface area contributed by atoms with E-state index in [0.717, 1.165) is 33.7 Å². The smallest absolute Gasteiger partial charge is 0.110 e. The Hall–Kier alpha value is -0.570. The summed E-state index contributed by atoms with van der Waals surface area (Å²) in [5.74, 6) is 4.57. The van der Waals surface area contributed by atoms with Crippen LogP contribution < -0.4 is 5.73 Å². The van der Waals surface area contributed by atoms with Crippen molar-refractivity contribution in [3.63, 3.8) is 0 Å². The zero-order valence-electron chi connectivity index (χ0n) is 10.4. The van der Waals surface area contributed by atoms with Gasteiger partial charge in [0.15, 0.2) is 0 Å². The SMILES string of the molecule is Cc1nc(C2C3CC4CC(C3)CC2C4)c(N)s1. The highest BCUT2D eigenvalue weighted by molar-refractivity contribution is 7.15. The minimum absolute atomic E-state index is 0.702. The third-order valence-corrected chi connectivity index (χ3v) is 6.15. The molecule has 2 nitrogen and oxygen atoms in total. The Morgan fingerprint density at radius 3 is 2.12 bits per heavy atom. The molecule has 3 heteroatoms. The molecule has 0 aromatic carbocycles. The Kier molecular flexibility index (Phi) is 2.11. The highest BCUT2D eigenvalue weighted by Crippen LogP contribution is 2.60. The number of thiazole rings is 1. The van der Waals surface area contributed by atoms with Gasteiger partial charge in [-0.1, -0.05) is 0 Å². The number of aryl methyl sites for hydroxylation is 1. The first-order chi connectivity index (χ1) is 8.20. The largest absolute Gasteiger partial charge is 0.389 e. The first-order valence-electron chi connectivity index (χ1n) is 6.93. The minimum Gasteiger partial charge on any atom is -0.389 e. The van der Waals surface area contributed by atoms with Gasteiger partial charge < -0.3 is 5.73 Å². The van der Waals surface area contributed by atoms with E-state index in [0.29, 0.717) is 5.92 Å². The molecule has 4 saturated carbocycles. The first-order valence-corrected chi connectivity index (χ1v) is 7.75. The molecular weight excluding hydrogens is 228 g/mol. The van der Waals surface area contributed by atoms with Gasteiger partial charge >= 0.3 is 0 Å². The molecule has 17 heavy (non-hydrogen) atoms. The molecular formula is C14H20N2S. The highest BCUT2D eigenvalue weighted by Gasteiger charge is 2.49. The van der Waals surface area contributed by atoms with E-state index < -0.39 is 0 Å². The Morgan fingerprint density at radius 1 is 1.06 bits per heavy atom. The summed E-state index contributed by atoms with van der Waals surface area (Å²) < 4.78 is 0. The molecule has 4 bridgehead atoms. The Bertz CT molecular complexity index is 423.